The summed E-state index contributed by atoms with van der Waals surface area (Å²) in [6, 6.07) is 0. The fraction of sp³-hybridized carbons (Fsp3) is 0. The SMILES string of the molecule is O=[O+][O-].[Ca+2].[OH-].[OH-]. The Morgan fingerprint density at radius 2 is 1.33 bits per heavy atom. The predicted molar refractivity (Wildman–Crippen MR) is 16.4 cm³/mol. The van der Waals surface area contributed by atoms with Gasteiger partial charge in [-0.1, -0.05) is 10.2 Å². The molecule has 0 radical (unpaired) electrons. The van der Waals surface area contributed by atoms with Gasteiger partial charge in [0.2, 0.25) is 0 Å². The molecule has 0 aliphatic carbocycles. The summed E-state index contributed by atoms with van der Waals surface area (Å²) in [5.41, 5.74) is 0. The molecule has 34 valence electrons. The molecule has 0 aromatic rings. The van der Waals surface area contributed by atoms with Crippen molar-refractivity contribution in [1.82, 2.24) is 0 Å². The van der Waals surface area contributed by atoms with Gasteiger partial charge in [0.05, 0.1) is 0 Å². The van der Waals surface area contributed by atoms with Crippen LogP contribution in [0.3, 0.4) is 0 Å². The van der Waals surface area contributed by atoms with Crippen molar-refractivity contribution in [3.63, 3.8) is 0 Å². The molecule has 6 heavy (non-hydrogen) atoms. The van der Waals surface area contributed by atoms with E-state index in [-0.39, 0.29) is 48.7 Å². The van der Waals surface area contributed by atoms with Crippen LogP contribution < -0.4 is 5.26 Å². The summed E-state index contributed by atoms with van der Waals surface area (Å²) in [5, 5.41) is 7.88. The van der Waals surface area contributed by atoms with E-state index in [4.69, 9.17) is 10.2 Å². The van der Waals surface area contributed by atoms with Gasteiger partial charge in [0.25, 0.3) is 0 Å². The zero-order valence-electron chi connectivity index (χ0n) is 2.83. The second-order valence-electron chi connectivity index (χ2n) is 0.0680. The van der Waals surface area contributed by atoms with Crippen LogP contribution in [0.4, 0.5) is 0 Å². The van der Waals surface area contributed by atoms with E-state index < -0.39 is 0 Å². The topological polar surface area (TPSA) is 111 Å². The number of hydrogen-bond acceptors (Lipinski definition) is 4. The molecule has 0 spiro atoms. The summed E-state index contributed by atoms with van der Waals surface area (Å²) in [6.07, 6.45) is 0. The smallest absolute Gasteiger partial charge is 0.870 e. The van der Waals surface area contributed by atoms with Gasteiger partial charge in [-0.25, -0.2) is 0 Å². The van der Waals surface area contributed by atoms with Crippen molar-refractivity contribution in [2.24, 2.45) is 0 Å². The average Bonchev–Trinajstić information content (AvgIpc) is 0.918. The van der Waals surface area contributed by atoms with Crippen LogP contribution in [0.5, 0.6) is 0 Å². The largest absolute Gasteiger partial charge is 2.00 e. The van der Waals surface area contributed by atoms with E-state index in [9.17, 15) is 0 Å². The molecule has 0 amide bonds. The Hall–Kier alpha value is 0.580. The van der Waals surface area contributed by atoms with Gasteiger partial charge in [0.1, 0.15) is 0 Å². The second-order valence-corrected chi connectivity index (χ2v) is 0.0680. The van der Waals surface area contributed by atoms with E-state index in [2.05, 4.69) is 0 Å². The normalized spacial score (nSPS) is 2.00. The van der Waals surface area contributed by atoms with Crippen molar-refractivity contribution in [3.05, 3.63) is 9.71 Å². The molecule has 0 aliphatic rings. The fourth-order valence-corrected chi connectivity index (χ4v) is 0. The van der Waals surface area contributed by atoms with Crippen LogP contribution in [0.2, 0.25) is 0 Å². The molecule has 0 aromatic heterocycles. The summed E-state index contributed by atoms with van der Waals surface area (Å²) in [7, 11) is 0. The maximum absolute atomic E-state index is 7.88. The molecule has 0 heterocycles. The Labute approximate surface area is 63.4 Å². The zero-order chi connectivity index (χ0) is 2.71. The maximum Gasteiger partial charge on any atom is 2.00 e. The van der Waals surface area contributed by atoms with E-state index in [1.54, 1.807) is 4.75 Å². The number of hydrogen-bond donors (Lipinski definition) is 0. The van der Waals surface area contributed by atoms with E-state index >= 15 is 0 Å². The third kappa shape index (κ3) is 175. The second kappa shape index (κ2) is 46.9. The van der Waals surface area contributed by atoms with Crippen LogP contribution in [0.1, 0.15) is 0 Å². The Morgan fingerprint density at radius 3 is 1.33 bits per heavy atom. The van der Waals surface area contributed by atoms with Crippen molar-refractivity contribution < 1.29 is 16.2 Å². The summed E-state index contributed by atoms with van der Waals surface area (Å²) < 4.78 is 1.75. The first-order valence-corrected chi connectivity index (χ1v) is 0.333. The van der Waals surface area contributed by atoms with Crippen LogP contribution in [0.15, 0.2) is 0 Å². The molecule has 0 atom stereocenters. The van der Waals surface area contributed by atoms with Gasteiger partial charge >= 0.3 is 37.7 Å². The van der Waals surface area contributed by atoms with Gasteiger partial charge in [0.15, 0.2) is 4.75 Å². The third-order valence-electron chi connectivity index (χ3n) is 0. The standard InChI is InChI=1S/Ca.O3.2H2O/c;1-3-2;;/h;;2*1H2/q+2;;;/p-2. The van der Waals surface area contributed by atoms with Gasteiger partial charge in [-0.05, 0) is 0 Å². The molecule has 0 saturated carbocycles. The molecule has 0 bridgehead atoms. The van der Waals surface area contributed by atoms with Gasteiger partial charge in [-0.3, -0.25) is 0 Å². The minimum atomic E-state index is 0. The summed E-state index contributed by atoms with van der Waals surface area (Å²) in [5.74, 6) is 0. The molecule has 0 fully saturated rings. The molecule has 0 aromatic carbocycles. The van der Waals surface area contributed by atoms with Crippen LogP contribution in [-0.4, -0.2) is 48.7 Å². The van der Waals surface area contributed by atoms with Crippen molar-refractivity contribution >= 4 is 37.7 Å². The monoisotopic (exact) mass is 122 g/mol. The molecular formula is H2CaO5. The molecule has 0 saturated heterocycles. The van der Waals surface area contributed by atoms with Crippen LogP contribution in [0, 0.1) is 9.71 Å². The van der Waals surface area contributed by atoms with Gasteiger partial charge in [-0.15, -0.1) is 0 Å². The maximum atomic E-state index is 7.88. The molecule has 0 unspecified atom stereocenters. The quantitative estimate of drug-likeness (QED) is 0.162. The molecule has 5 nitrogen and oxygen atoms in total. The first kappa shape index (κ1) is 30.8. The summed E-state index contributed by atoms with van der Waals surface area (Å²) >= 11 is 0. The van der Waals surface area contributed by atoms with Crippen LogP contribution in [-0.2, 0) is 0 Å². The molecule has 6 heteroatoms. The Kier molecular flexibility index (Phi) is 241. The van der Waals surface area contributed by atoms with Gasteiger partial charge < -0.3 is 11.0 Å². The van der Waals surface area contributed by atoms with Crippen LogP contribution >= 0.6 is 0 Å². The van der Waals surface area contributed by atoms with Crippen LogP contribution in [0.25, 0.3) is 0 Å². The Morgan fingerprint density at radius 1 is 1.33 bits per heavy atom. The first-order chi connectivity index (χ1) is 1.41. The molecular weight excluding hydrogens is 120 g/mol. The van der Waals surface area contributed by atoms with E-state index in [0.29, 0.717) is 0 Å². The minimum Gasteiger partial charge on any atom is -0.870 e. The van der Waals surface area contributed by atoms with E-state index in [0.717, 1.165) is 0 Å². The fourth-order valence-electron chi connectivity index (χ4n) is 0. The molecule has 0 rings (SSSR count). The predicted octanol–water partition coefficient (Wildman–Crippen LogP) is -1.86. The van der Waals surface area contributed by atoms with Gasteiger partial charge in [-0.2, -0.15) is 0 Å². The minimum absolute atomic E-state index is 0. The van der Waals surface area contributed by atoms with Crippen molar-refractivity contribution in [1.29, 1.82) is 0 Å². The summed E-state index contributed by atoms with van der Waals surface area (Å²) in [4.78, 5) is 7.88. The van der Waals surface area contributed by atoms with E-state index in [1.807, 2.05) is 0 Å². The van der Waals surface area contributed by atoms with Gasteiger partial charge in [0, 0.05) is 0 Å². The zero-order valence-corrected chi connectivity index (χ0v) is 5.03. The third-order valence-corrected chi connectivity index (χ3v) is 0. The van der Waals surface area contributed by atoms with E-state index in [1.165, 1.54) is 0 Å². The van der Waals surface area contributed by atoms with Crippen molar-refractivity contribution in [2.45, 2.75) is 0 Å². The first-order valence-electron chi connectivity index (χ1n) is 0.333. The summed E-state index contributed by atoms with van der Waals surface area (Å²) in [6.45, 7) is 0. The van der Waals surface area contributed by atoms with Crippen molar-refractivity contribution in [2.75, 3.05) is 0 Å². The van der Waals surface area contributed by atoms with Crippen molar-refractivity contribution in [3.8, 4) is 0 Å². The number of rotatable bonds is 0. The Bertz CT molecular complexity index is 11.4. The average molecular weight is 122 g/mol. The molecule has 2 N–H and O–H groups in total. The molecule has 0 aliphatic heterocycles. The Balaban J connectivity index is -0.00000000667.